The highest BCUT2D eigenvalue weighted by atomic mass is 32.1. The van der Waals surface area contributed by atoms with Crippen LogP contribution in [-0.2, 0) is 6.54 Å². The van der Waals surface area contributed by atoms with Gasteiger partial charge in [-0.3, -0.25) is 9.36 Å². The average molecular weight is 447 g/mol. The highest BCUT2D eigenvalue weighted by Crippen LogP contribution is 2.45. The third kappa shape index (κ3) is 3.02. The van der Waals surface area contributed by atoms with E-state index >= 15 is 0 Å². The lowest BCUT2D eigenvalue weighted by Gasteiger charge is -2.15. The monoisotopic (exact) mass is 447 g/mol. The quantitative estimate of drug-likeness (QED) is 0.402. The van der Waals surface area contributed by atoms with Gasteiger partial charge in [0.25, 0.3) is 5.56 Å². The molecule has 32 heavy (non-hydrogen) atoms. The van der Waals surface area contributed by atoms with Gasteiger partial charge in [0.1, 0.15) is 28.0 Å². The number of nitrogens with zero attached hydrogens (tertiary/aromatic N) is 3. The third-order valence-corrected chi connectivity index (χ3v) is 6.98. The zero-order valence-corrected chi connectivity index (χ0v) is 17.9. The number of oxazole rings is 1. The fourth-order valence-electron chi connectivity index (χ4n) is 4.22. The number of benzene rings is 2. The average Bonchev–Trinajstić information content (AvgIpc) is 3.43. The lowest BCUT2D eigenvalue weighted by molar-refractivity contribution is 0.460. The Morgan fingerprint density at radius 1 is 1.28 bits per heavy atom. The Morgan fingerprint density at radius 3 is 2.88 bits per heavy atom. The van der Waals surface area contributed by atoms with Gasteiger partial charge in [-0.25, -0.2) is 14.4 Å². The lowest BCUT2D eigenvalue weighted by atomic mass is 10.0. The largest absolute Gasteiger partial charge is 0.506 e. The summed E-state index contributed by atoms with van der Waals surface area (Å²) in [5.41, 5.74) is 1.37. The van der Waals surface area contributed by atoms with Crippen LogP contribution in [0.15, 0.2) is 51.8 Å². The first kappa shape index (κ1) is 19.2. The molecule has 0 unspecified atom stereocenters. The van der Waals surface area contributed by atoms with E-state index in [0.29, 0.717) is 37.8 Å². The maximum absolute atomic E-state index is 14.1. The Morgan fingerprint density at radius 2 is 2.12 bits per heavy atom. The van der Waals surface area contributed by atoms with E-state index in [1.807, 2.05) is 6.07 Å². The van der Waals surface area contributed by atoms with Crippen LogP contribution in [0.5, 0.6) is 5.75 Å². The molecular weight excluding hydrogens is 429 g/mol. The number of phenols is 1. The number of thiophene rings is 1. The molecular formula is C24H18FN3O3S. The summed E-state index contributed by atoms with van der Waals surface area (Å²) in [4.78, 5) is 23.4. The Bertz CT molecular complexity index is 1580. The summed E-state index contributed by atoms with van der Waals surface area (Å²) >= 11 is 1.28. The van der Waals surface area contributed by atoms with Crippen molar-refractivity contribution < 1.29 is 13.9 Å². The molecule has 3 heterocycles. The minimum Gasteiger partial charge on any atom is -0.506 e. The Labute approximate surface area is 185 Å². The highest BCUT2D eigenvalue weighted by Gasteiger charge is 2.29. The molecule has 3 aromatic heterocycles. The van der Waals surface area contributed by atoms with Gasteiger partial charge in [-0.1, -0.05) is 12.1 Å². The summed E-state index contributed by atoms with van der Waals surface area (Å²) in [6.45, 7) is 1.89. The topological polar surface area (TPSA) is 81.1 Å². The predicted molar refractivity (Wildman–Crippen MR) is 121 cm³/mol. The molecule has 1 aliphatic rings. The third-order valence-electron chi connectivity index (χ3n) is 5.85. The fourth-order valence-corrected chi connectivity index (χ4v) is 5.30. The van der Waals surface area contributed by atoms with Gasteiger partial charge in [0.05, 0.1) is 22.8 Å². The number of aromatic nitrogens is 3. The van der Waals surface area contributed by atoms with E-state index < -0.39 is 0 Å². The molecule has 6 nitrogen and oxygen atoms in total. The molecule has 0 saturated heterocycles. The number of phenolic OH excluding ortho intramolecular Hbond substituents is 1. The van der Waals surface area contributed by atoms with Gasteiger partial charge in [-0.05, 0) is 48.6 Å². The van der Waals surface area contributed by atoms with Crippen molar-refractivity contribution >= 4 is 31.6 Å². The van der Waals surface area contributed by atoms with Gasteiger partial charge >= 0.3 is 0 Å². The van der Waals surface area contributed by atoms with Crippen LogP contribution in [0.1, 0.15) is 36.0 Å². The number of rotatable bonds is 4. The molecule has 8 heteroatoms. The number of aryl methyl sites for hydroxylation is 1. The number of halogens is 1. The molecule has 1 saturated carbocycles. The summed E-state index contributed by atoms with van der Waals surface area (Å²) in [7, 11) is 0. The van der Waals surface area contributed by atoms with E-state index in [-0.39, 0.29) is 29.6 Å². The molecule has 0 radical (unpaired) electrons. The van der Waals surface area contributed by atoms with Gasteiger partial charge < -0.3 is 9.52 Å². The first-order chi connectivity index (χ1) is 15.5. The van der Waals surface area contributed by atoms with Crippen molar-refractivity contribution in [3.05, 3.63) is 76.0 Å². The molecule has 5 aromatic rings. The van der Waals surface area contributed by atoms with E-state index in [1.54, 1.807) is 42.0 Å². The standard InChI is InChI=1S/C24H18FN3O3S/c1-12-26-10-15(31-12)11-28-22(16-8-7-14(25)9-18(16)13-5-6-13)27-23-20(24(28)30)17-3-2-4-19(29)21(17)32-23/h2-4,7-10,13,29H,5-6,11H2,1H3. The molecule has 160 valence electrons. The first-order valence-electron chi connectivity index (χ1n) is 10.4. The van der Waals surface area contributed by atoms with Crippen molar-refractivity contribution in [1.82, 2.24) is 14.5 Å². The van der Waals surface area contributed by atoms with Gasteiger partial charge in [-0.15, -0.1) is 11.3 Å². The smallest absolute Gasteiger partial charge is 0.263 e. The van der Waals surface area contributed by atoms with E-state index in [0.717, 1.165) is 24.0 Å². The Kier molecular flexibility index (Phi) is 4.19. The van der Waals surface area contributed by atoms with Gasteiger partial charge in [0.15, 0.2) is 5.89 Å². The molecule has 1 N–H and O–H groups in total. The van der Waals surface area contributed by atoms with Crippen molar-refractivity contribution in [2.45, 2.75) is 32.2 Å². The highest BCUT2D eigenvalue weighted by molar-refractivity contribution is 7.25. The van der Waals surface area contributed by atoms with Gasteiger partial charge in [0.2, 0.25) is 0 Å². The SMILES string of the molecule is Cc1ncc(Cn2c(-c3ccc(F)cc3C3CC3)nc3sc4c(O)cccc4c3c2=O)o1. The van der Waals surface area contributed by atoms with Crippen molar-refractivity contribution in [3.8, 4) is 17.1 Å². The number of aromatic hydroxyl groups is 1. The minimum absolute atomic E-state index is 0.115. The molecule has 0 amide bonds. The van der Waals surface area contributed by atoms with Crippen LogP contribution >= 0.6 is 11.3 Å². The summed E-state index contributed by atoms with van der Waals surface area (Å²) in [6.07, 6.45) is 3.57. The second kappa shape index (κ2) is 7.00. The molecule has 0 spiro atoms. The van der Waals surface area contributed by atoms with E-state index in [4.69, 9.17) is 9.40 Å². The van der Waals surface area contributed by atoms with Gasteiger partial charge in [-0.2, -0.15) is 0 Å². The van der Waals surface area contributed by atoms with Crippen molar-refractivity contribution in [2.24, 2.45) is 0 Å². The van der Waals surface area contributed by atoms with Crippen LogP contribution in [0.25, 0.3) is 31.7 Å². The summed E-state index contributed by atoms with van der Waals surface area (Å²) in [5, 5.41) is 11.4. The number of hydrogen-bond acceptors (Lipinski definition) is 6. The van der Waals surface area contributed by atoms with Crippen LogP contribution in [-0.4, -0.2) is 19.6 Å². The summed E-state index contributed by atoms with van der Waals surface area (Å²) < 4.78 is 21.9. The van der Waals surface area contributed by atoms with E-state index in [2.05, 4.69) is 4.98 Å². The van der Waals surface area contributed by atoms with Gasteiger partial charge in [0, 0.05) is 17.9 Å². The lowest BCUT2D eigenvalue weighted by Crippen LogP contribution is -2.24. The normalized spacial score (nSPS) is 13.9. The molecule has 2 aromatic carbocycles. The number of fused-ring (bicyclic) bond motifs is 3. The zero-order chi connectivity index (χ0) is 22.0. The maximum Gasteiger partial charge on any atom is 0.263 e. The Hall–Kier alpha value is -3.52. The van der Waals surface area contributed by atoms with Crippen LogP contribution < -0.4 is 5.56 Å². The van der Waals surface area contributed by atoms with Crippen molar-refractivity contribution in [2.75, 3.05) is 0 Å². The number of hydrogen-bond donors (Lipinski definition) is 1. The van der Waals surface area contributed by atoms with Crippen LogP contribution in [0.3, 0.4) is 0 Å². The Balaban J connectivity index is 1.68. The van der Waals surface area contributed by atoms with Crippen LogP contribution in [0, 0.1) is 12.7 Å². The second-order valence-corrected chi connectivity index (χ2v) is 9.11. The molecule has 0 atom stereocenters. The molecule has 0 bridgehead atoms. The summed E-state index contributed by atoms with van der Waals surface area (Å²) in [5.74, 6) is 1.58. The van der Waals surface area contributed by atoms with E-state index in [9.17, 15) is 14.3 Å². The molecule has 6 rings (SSSR count). The van der Waals surface area contributed by atoms with E-state index in [1.165, 1.54) is 17.4 Å². The van der Waals surface area contributed by atoms with Crippen LogP contribution in [0.2, 0.25) is 0 Å². The fraction of sp³-hybridized carbons (Fsp3) is 0.208. The second-order valence-electron chi connectivity index (χ2n) is 8.11. The maximum atomic E-state index is 14.1. The first-order valence-corrected chi connectivity index (χ1v) is 11.2. The van der Waals surface area contributed by atoms with Crippen molar-refractivity contribution in [3.63, 3.8) is 0 Å². The van der Waals surface area contributed by atoms with Crippen LogP contribution in [0.4, 0.5) is 4.39 Å². The minimum atomic E-state index is -0.303. The zero-order valence-electron chi connectivity index (χ0n) is 17.1. The molecule has 1 fully saturated rings. The summed E-state index contributed by atoms with van der Waals surface area (Å²) in [6, 6.07) is 9.77. The predicted octanol–water partition coefficient (Wildman–Crippen LogP) is 5.35. The molecule has 0 aliphatic heterocycles. The molecule has 1 aliphatic carbocycles. The van der Waals surface area contributed by atoms with Crippen molar-refractivity contribution in [1.29, 1.82) is 0 Å².